The number of nitrogens with zero attached hydrogens (tertiary/aromatic N) is 1. The predicted molar refractivity (Wildman–Crippen MR) is 141 cm³/mol. The topological polar surface area (TPSA) is 78.2 Å². The molecule has 4 aromatic rings. The van der Waals surface area contributed by atoms with E-state index in [2.05, 4.69) is 0 Å². The second kappa shape index (κ2) is 11.2. The zero-order chi connectivity index (χ0) is 28.4. The summed E-state index contributed by atoms with van der Waals surface area (Å²) in [6.07, 6.45) is -4.44. The van der Waals surface area contributed by atoms with E-state index in [4.69, 9.17) is 30.2 Å². The van der Waals surface area contributed by atoms with Gasteiger partial charge in [0, 0.05) is 18.1 Å². The van der Waals surface area contributed by atoms with Crippen molar-refractivity contribution in [2.75, 3.05) is 19.9 Å². The van der Waals surface area contributed by atoms with Gasteiger partial charge in [-0.05, 0) is 61.4 Å². The van der Waals surface area contributed by atoms with Crippen LogP contribution in [0, 0.1) is 0 Å². The molecule has 0 unspecified atom stereocenters. The number of hydrogen-bond donors (Lipinski definition) is 0. The van der Waals surface area contributed by atoms with Crippen molar-refractivity contribution in [2.24, 2.45) is 0 Å². The third-order valence-electron chi connectivity index (χ3n) is 6.36. The quantitative estimate of drug-likeness (QED) is 0.224. The minimum Gasteiger partial charge on any atom is -0.478 e. The fraction of sp³-hybridized carbons (Fsp3) is 0.241. The molecule has 3 aromatic carbocycles. The van der Waals surface area contributed by atoms with Crippen LogP contribution in [0.5, 0.6) is 17.2 Å². The predicted octanol–water partition coefficient (Wildman–Crippen LogP) is 6.83. The van der Waals surface area contributed by atoms with E-state index in [9.17, 15) is 22.8 Å². The van der Waals surface area contributed by atoms with Crippen LogP contribution in [0.1, 0.15) is 34.2 Å². The standard InChI is InChI=1S/C29H23ClF3NO6/c1-2-37-28(36)18-7-9-19(10-8-18)39-26-24(35)20-11-12-23-21(25(20)40-27(26)29(31,32)33)15-34(16-38-23)14-13-17-5-3-4-6-22(17)30/h3-12H,2,13-16H2,1H3. The van der Waals surface area contributed by atoms with E-state index in [0.717, 1.165) is 5.56 Å². The lowest BCUT2D eigenvalue weighted by Gasteiger charge is -2.29. The van der Waals surface area contributed by atoms with Gasteiger partial charge in [0.1, 0.15) is 23.8 Å². The Morgan fingerprint density at radius 1 is 1.07 bits per heavy atom. The molecule has 0 bridgehead atoms. The highest BCUT2D eigenvalue weighted by molar-refractivity contribution is 6.31. The molecule has 0 radical (unpaired) electrons. The molecular weight excluding hydrogens is 551 g/mol. The summed E-state index contributed by atoms with van der Waals surface area (Å²) in [6, 6.07) is 15.5. The van der Waals surface area contributed by atoms with Gasteiger partial charge in [-0.2, -0.15) is 13.2 Å². The number of halogens is 4. The van der Waals surface area contributed by atoms with Crippen LogP contribution in [-0.2, 0) is 23.9 Å². The van der Waals surface area contributed by atoms with Gasteiger partial charge in [0.25, 0.3) is 5.76 Å². The van der Waals surface area contributed by atoms with Crippen molar-refractivity contribution in [2.45, 2.75) is 26.1 Å². The Morgan fingerprint density at radius 2 is 1.82 bits per heavy atom. The molecule has 208 valence electrons. The third-order valence-corrected chi connectivity index (χ3v) is 6.73. The Hall–Kier alpha value is -4.02. The first-order valence-corrected chi connectivity index (χ1v) is 12.8. The molecule has 0 N–H and O–H groups in total. The van der Waals surface area contributed by atoms with Crippen LogP contribution in [0.4, 0.5) is 13.2 Å². The average Bonchev–Trinajstić information content (AvgIpc) is 2.93. The van der Waals surface area contributed by atoms with Gasteiger partial charge in [-0.1, -0.05) is 29.8 Å². The van der Waals surface area contributed by atoms with Gasteiger partial charge in [0.05, 0.1) is 23.1 Å². The molecule has 40 heavy (non-hydrogen) atoms. The highest BCUT2D eigenvalue weighted by Gasteiger charge is 2.41. The molecule has 1 aliphatic heterocycles. The van der Waals surface area contributed by atoms with Crippen LogP contribution < -0.4 is 14.9 Å². The highest BCUT2D eigenvalue weighted by atomic mass is 35.5. The van der Waals surface area contributed by atoms with Crippen LogP contribution in [0.25, 0.3) is 11.0 Å². The van der Waals surface area contributed by atoms with E-state index in [0.29, 0.717) is 29.3 Å². The summed E-state index contributed by atoms with van der Waals surface area (Å²) in [5.74, 6) is -2.92. The molecule has 0 fully saturated rings. The molecule has 0 saturated carbocycles. The number of hydrogen-bond acceptors (Lipinski definition) is 7. The van der Waals surface area contributed by atoms with Gasteiger partial charge in [-0.15, -0.1) is 0 Å². The molecule has 2 heterocycles. The van der Waals surface area contributed by atoms with E-state index in [1.54, 1.807) is 13.0 Å². The lowest BCUT2D eigenvalue weighted by Crippen LogP contribution is -2.34. The largest absolute Gasteiger partial charge is 0.478 e. The number of ether oxygens (including phenoxy) is 3. The number of fused-ring (bicyclic) bond motifs is 3. The van der Waals surface area contributed by atoms with Crippen molar-refractivity contribution in [1.82, 2.24) is 4.90 Å². The molecule has 5 rings (SSSR count). The van der Waals surface area contributed by atoms with Crippen LogP contribution in [0.2, 0.25) is 5.02 Å². The fourth-order valence-corrected chi connectivity index (χ4v) is 4.62. The number of esters is 1. The monoisotopic (exact) mass is 573 g/mol. The van der Waals surface area contributed by atoms with Crippen LogP contribution in [0.3, 0.4) is 0 Å². The molecule has 11 heteroatoms. The Morgan fingerprint density at radius 3 is 2.52 bits per heavy atom. The van der Waals surface area contributed by atoms with Crippen LogP contribution >= 0.6 is 11.6 Å². The van der Waals surface area contributed by atoms with Crippen molar-refractivity contribution in [3.05, 3.63) is 98.4 Å². The van der Waals surface area contributed by atoms with E-state index >= 15 is 0 Å². The van der Waals surface area contributed by atoms with Crippen LogP contribution in [-0.4, -0.2) is 30.8 Å². The molecule has 0 atom stereocenters. The second-order valence-corrected chi connectivity index (χ2v) is 9.43. The first-order chi connectivity index (χ1) is 19.2. The SMILES string of the molecule is CCOC(=O)c1ccc(Oc2c(C(F)(F)F)oc3c4c(ccc3c2=O)OCN(CCc2ccccc2Cl)C4)cc1. The lowest BCUT2D eigenvalue weighted by molar-refractivity contribution is -0.154. The molecule has 0 amide bonds. The van der Waals surface area contributed by atoms with Crippen LogP contribution in [0.15, 0.2) is 69.9 Å². The fourth-order valence-electron chi connectivity index (χ4n) is 4.39. The lowest BCUT2D eigenvalue weighted by atomic mass is 10.1. The van der Waals surface area contributed by atoms with Gasteiger partial charge in [-0.25, -0.2) is 4.79 Å². The molecule has 0 saturated heterocycles. The zero-order valence-electron chi connectivity index (χ0n) is 21.2. The first-order valence-electron chi connectivity index (χ1n) is 12.4. The first kappa shape index (κ1) is 27.5. The Kier molecular flexibility index (Phi) is 7.73. The molecule has 0 spiro atoms. The van der Waals surface area contributed by atoms with Gasteiger partial charge >= 0.3 is 12.1 Å². The smallest absolute Gasteiger partial charge is 0.453 e. The van der Waals surface area contributed by atoms with Gasteiger partial charge in [-0.3, -0.25) is 9.69 Å². The number of benzene rings is 3. The Bertz CT molecular complexity index is 1620. The summed E-state index contributed by atoms with van der Waals surface area (Å²) >= 11 is 6.25. The van der Waals surface area contributed by atoms with Crippen molar-refractivity contribution in [3.63, 3.8) is 0 Å². The molecule has 1 aliphatic rings. The van der Waals surface area contributed by atoms with Gasteiger partial charge in [0.2, 0.25) is 11.2 Å². The average molecular weight is 574 g/mol. The molecule has 7 nitrogen and oxygen atoms in total. The van der Waals surface area contributed by atoms with Gasteiger partial charge < -0.3 is 18.6 Å². The summed E-state index contributed by atoms with van der Waals surface area (Å²) in [5, 5.41) is 0.539. The Labute approximate surface area is 231 Å². The van der Waals surface area contributed by atoms with Crippen molar-refractivity contribution in [3.8, 4) is 17.2 Å². The van der Waals surface area contributed by atoms with Crippen molar-refractivity contribution < 1.29 is 36.6 Å². The van der Waals surface area contributed by atoms with Crippen molar-refractivity contribution in [1.29, 1.82) is 0 Å². The number of rotatable bonds is 7. The molecular formula is C29H23ClF3NO6. The number of carbonyl (C=O) groups is 1. The Balaban J connectivity index is 1.48. The maximum Gasteiger partial charge on any atom is 0.453 e. The highest BCUT2D eigenvalue weighted by Crippen LogP contribution is 2.41. The summed E-state index contributed by atoms with van der Waals surface area (Å²) < 4.78 is 63.9. The third kappa shape index (κ3) is 5.64. The van der Waals surface area contributed by atoms with E-state index in [-0.39, 0.29) is 42.2 Å². The molecule has 1 aromatic heterocycles. The maximum atomic E-state index is 14.1. The second-order valence-electron chi connectivity index (χ2n) is 9.02. The zero-order valence-corrected chi connectivity index (χ0v) is 22.0. The van der Waals surface area contributed by atoms with Gasteiger partial charge in [0.15, 0.2) is 0 Å². The number of alkyl halides is 3. The maximum absolute atomic E-state index is 14.1. The van der Waals surface area contributed by atoms with E-state index in [1.165, 1.54) is 36.4 Å². The minimum absolute atomic E-state index is 0.0820. The summed E-state index contributed by atoms with van der Waals surface area (Å²) in [6.45, 7) is 2.74. The molecule has 0 aliphatic carbocycles. The summed E-state index contributed by atoms with van der Waals surface area (Å²) in [7, 11) is 0. The van der Waals surface area contributed by atoms with E-state index in [1.807, 2.05) is 23.1 Å². The normalized spacial score (nSPS) is 13.5. The minimum atomic E-state index is -5.03. The van der Waals surface area contributed by atoms with Crippen molar-refractivity contribution >= 4 is 28.5 Å². The van der Waals surface area contributed by atoms with E-state index < -0.39 is 29.1 Å². The summed E-state index contributed by atoms with van der Waals surface area (Å²) in [4.78, 5) is 27.1. The summed E-state index contributed by atoms with van der Waals surface area (Å²) in [5.41, 5.74) is 0.231. The number of carbonyl (C=O) groups excluding carboxylic acids is 1.